The third-order valence-electron chi connectivity index (χ3n) is 4.64. The Balaban J connectivity index is 2.18. The van der Waals surface area contributed by atoms with E-state index in [-0.39, 0.29) is 0 Å². The highest BCUT2D eigenvalue weighted by molar-refractivity contribution is 5.73. The molecule has 0 aromatic heterocycles. The number of aliphatic hydroxyl groups excluding tert-OH is 6. The molecule has 0 radical (unpaired) electrons. The van der Waals surface area contributed by atoms with Gasteiger partial charge in [-0.3, -0.25) is 4.79 Å². The molecule has 11 heteroatoms. The Bertz CT molecular complexity index is 479. The van der Waals surface area contributed by atoms with Crippen molar-refractivity contribution in [1.29, 1.82) is 0 Å². The minimum atomic E-state index is -1.50. The van der Waals surface area contributed by atoms with Crippen LogP contribution in [-0.2, 0) is 19.0 Å². The summed E-state index contributed by atoms with van der Waals surface area (Å²) in [5.41, 5.74) is 0. The van der Waals surface area contributed by atoms with E-state index in [9.17, 15) is 35.4 Å². The van der Waals surface area contributed by atoms with Crippen molar-refractivity contribution in [3.8, 4) is 0 Å². The van der Waals surface area contributed by atoms with Gasteiger partial charge in [0.05, 0.1) is 19.3 Å². The van der Waals surface area contributed by atoms with E-state index < -0.39 is 80.3 Å². The summed E-state index contributed by atoms with van der Waals surface area (Å²) in [7, 11) is 0. The second-order valence-electron chi connectivity index (χ2n) is 6.58. The van der Waals surface area contributed by atoms with E-state index in [0.29, 0.717) is 0 Å². The Kier molecular flexibility index (Phi) is 7.30. The molecule has 2 aliphatic rings. The van der Waals surface area contributed by atoms with Gasteiger partial charge < -0.3 is 50.2 Å². The lowest BCUT2D eigenvalue weighted by atomic mass is 9.94. The van der Waals surface area contributed by atoms with Gasteiger partial charge in [-0.1, -0.05) is 0 Å². The van der Waals surface area contributed by atoms with Gasteiger partial charge in [0, 0.05) is 6.92 Å². The first-order chi connectivity index (χ1) is 12.2. The fourth-order valence-electron chi connectivity index (χ4n) is 3.21. The molecule has 0 aromatic rings. The van der Waals surface area contributed by atoms with Gasteiger partial charge in [-0.15, -0.1) is 0 Å². The first-order valence-electron chi connectivity index (χ1n) is 8.38. The number of carbonyl (C=O) groups excluding carboxylic acids is 1. The SMILES string of the molecule is CC(=O)N[C@@H]1[C@@H](O[C@@H]2[C@@H](O)[C@H](O)C(CO)O[C@@H]2C)O[C@@H](CO)[C@@H](O)[C@@H]1O. The van der Waals surface area contributed by atoms with E-state index in [4.69, 9.17) is 14.2 Å². The van der Waals surface area contributed by atoms with Crippen LogP contribution < -0.4 is 5.32 Å². The van der Waals surface area contributed by atoms with Gasteiger partial charge in [-0.25, -0.2) is 0 Å². The largest absolute Gasteiger partial charge is 0.394 e. The maximum atomic E-state index is 11.4. The van der Waals surface area contributed by atoms with Crippen molar-refractivity contribution < 1.29 is 49.6 Å². The summed E-state index contributed by atoms with van der Waals surface area (Å²) in [5.74, 6) is -0.519. The maximum Gasteiger partial charge on any atom is 0.217 e. The second-order valence-corrected chi connectivity index (χ2v) is 6.58. The summed E-state index contributed by atoms with van der Waals surface area (Å²) in [5, 5.41) is 61.4. The number of hydrogen-bond acceptors (Lipinski definition) is 10. The highest BCUT2D eigenvalue weighted by Gasteiger charge is 2.50. The zero-order valence-electron chi connectivity index (χ0n) is 14.5. The van der Waals surface area contributed by atoms with Gasteiger partial charge in [-0.2, -0.15) is 0 Å². The summed E-state index contributed by atoms with van der Waals surface area (Å²) in [6.45, 7) is 1.64. The highest BCUT2D eigenvalue weighted by Crippen LogP contribution is 2.29. The summed E-state index contributed by atoms with van der Waals surface area (Å²) in [4.78, 5) is 11.4. The number of amides is 1. The van der Waals surface area contributed by atoms with Crippen LogP contribution in [0, 0.1) is 0 Å². The van der Waals surface area contributed by atoms with Gasteiger partial charge in [0.25, 0.3) is 0 Å². The van der Waals surface area contributed by atoms with Crippen LogP contribution in [0.25, 0.3) is 0 Å². The standard InChI is InChI=1S/C15H27NO10/c1-5-14(13(23)11(21)7(3-17)24-5)26-15-9(16-6(2)19)12(22)10(20)8(4-18)25-15/h5,7-15,17-18,20-23H,3-4H2,1-2H3,(H,16,19)/t5-,7?,8+,9+,10-,11-,12-,13+,14+,15-/m1/s1. The molecule has 2 aliphatic heterocycles. The summed E-state index contributed by atoms with van der Waals surface area (Å²) < 4.78 is 16.5. The van der Waals surface area contributed by atoms with Crippen molar-refractivity contribution >= 4 is 5.91 Å². The molecule has 0 saturated carbocycles. The molecule has 2 saturated heterocycles. The number of aliphatic hydroxyl groups is 6. The Morgan fingerprint density at radius 1 is 0.962 bits per heavy atom. The van der Waals surface area contributed by atoms with E-state index >= 15 is 0 Å². The van der Waals surface area contributed by atoms with E-state index in [2.05, 4.69) is 5.32 Å². The Labute approximate surface area is 150 Å². The number of rotatable bonds is 5. The molecule has 1 amide bonds. The zero-order valence-corrected chi connectivity index (χ0v) is 14.5. The fourth-order valence-corrected chi connectivity index (χ4v) is 3.21. The number of carbonyl (C=O) groups is 1. The van der Waals surface area contributed by atoms with Gasteiger partial charge in [0.2, 0.25) is 5.91 Å². The lowest BCUT2D eigenvalue weighted by molar-refractivity contribution is -0.320. The second kappa shape index (κ2) is 8.87. The fraction of sp³-hybridized carbons (Fsp3) is 0.933. The van der Waals surface area contributed by atoms with Crippen LogP contribution in [0.15, 0.2) is 0 Å². The van der Waals surface area contributed by atoms with Crippen molar-refractivity contribution in [2.75, 3.05) is 13.2 Å². The minimum Gasteiger partial charge on any atom is -0.394 e. The molecule has 0 aliphatic carbocycles. The van der Waals surface area contributed by atoms with Crippen molar-refractivity contribution in [2.45, 2.75) is 75.0 Å². The van der Waals surface area contributed by atoms with Crippen LogP contribution in [0.3, 0.4) is 0 Å². The molecule has 7 N–H and O–H groups in total. The number of hydrogen-bond donors (Lipinski definition) is 7. The first kappa shape index (κ1) is 21.4. The average molecular weight is 381 g/mol. The van der Waals surface area contributed by atoms with E-state index in [1.165, 1.54) is 6.92 Å². The predicted octanol–water partition coefficient (Wildman–Crippen LogP) is -4.18. The van der Waals surface area contributed by atoms with E-state index in [1.54, 1.807) is 6.92 Å². The van der Waals surface area contributed by atoms with Crippen LogP contribution in [0.1, 0.15) is 13.8 Å². The molecule has 152 valence electrons. The molecule has 11 nitrogen and oxygen atoms in total. The lowest BCUT2D eigenvalue weighted by Crippen LogP contribution is -2.67. The molecule has 2 fully saturated rings. The molecule has 2 rings (SSSR count). The molecular weight excluding hydrogens is 354 g/mol. The van der Waals surface area contributed by atoms with Crippen LogP contribution in [-0.4, -0.2) is 111 Å². The van der Waals surface area contributed by atoms with E-state index in [1.807, 2.05) is 0 Å². The molecule has 26 heavy (non-hydrogen) atoms. The molecule has 2 heterocycles. The third-order valence-corrected chi connectivity index (χ3v) is 4.64. The van der Waals surface area contributed by atoms with Gasteiger partial charge in [0.1, 0.15) is 48.8 Å². The Morgan fingerprint density at radius 2 is 1.50 bits per heavy atom. The van der Waals surface area contributed by atoms with Crippen molar-refractivity contribution in [3.63, 3.8) is 0 Å². The summed E-state index contributed by atoms with van der Waals surface area (Å²) >= 11 is 0. The van der Waals surface area contributed by atoms with Crippen molar-refractivity contribution in [3.05, 3.63) is 0 Å². The zero-order chi connectivity index (χ0) is 19.6. The maximum absolute atomic E-state index is 11.4. The average Bonchev–Trinajstić information content (AvgIpc) is 2.60. The monoisotopic (exact) mass is 381 g/mol. The Hall–Kier alpha value is -0.890. The normalized spacial score (nSPS) is 46.8. The van der Waals surface area contributed by atoms with Gasteiger partial charge in [-0.05, 0) is 6.92 Å². The smallest absolute Gasteiger partial charge is 0.217 e. The predicted molar refractivity (Wildman–Crippen MR) is 83.7 cm³/mol. The topological polar surface area (TPSA) is 178 Å². The summed E-state index contributed by atoms with van der Waals surface area (Å²) in [6, 6.07) is -1.18. The number of ether oxygens (including phenoxy) is 3. The van der Waals surface area contributed by atoms with Crippen molar-refractivity contribution in [1.82, 2.24) is 5.32 Å². The minimum absolute atomic E-state index is 0.499. The Morgan fingerprint density at radius 3 is 2.04 bits per heavy atom. The van der Waals surface area contributed by atoms with Crippen LogP contribution >= 0.6 is 0 Å². The quantitative estimate of drug-likeness (QED) is 0.247. The van der Waals surface area contributed by atoms with Crippen LogP contribution in [0.4, 0.5) is 0 Å². The van der Waals surface area contributed by atoms with Crippen molar-refractivity contribution in [2.24, 2.45) is 0 Å². The molecule has 1 unspecified atom stereocenters. The number of nitrogens with one attached hydrogen (secondary N) is 1. The highest BCUT2D eigenvalue weighted by atomic mass is 16.7. The molecule has 0 aromatic carbocycles. The lowest BCUT2D eigenvalue weighted by Gasteiger charge is -2.46. The first-order valence-corrected chi connectivity index (χ1v) is 8.38. The molecular formula is C15H27NO10. The van der Waals surface area contributed by atoms with E-state index in [0.717, 1.165) is 0 Å². The van der Waals surface area contributed by atoms with Gasteiger partial charge >= 0.3 is 0 Å². The summed E-state index contributed by atoms with van der Waals surface area (Å²) in [6.07, 6.45) is -11.2. The molecule has 0 spiro atoms. The van der Waals surface area contributed by atoms with Gasteiger partial charge in [0.15, 0.2) is 6.29 Å². The molecule has 0 bridgehead atoms. The van der Waals surface area contributed by atoms with Crippen LogP contribution in [0.5, 0.6) is 0 Å². The van der Waals surface area contributed by atoms with Crippen LogP contribution in [0.2, 0.25) is 0 Å². The third kappa shape index (κ3) is 4.32. The molecule has 10 atom stereocenters.